The lowest BCUT2D eigenvalue weighted by molar-refractivity contribution is -0.137. The summed E-state index contributed by atoms with van der Waals surface area (Å²) in [5, 5.41) is 13.1. The highest BCUT2D eigenvalue weighted by atomic mass is 19.4. The first kappa shape index (κ1) is 21.7. The number of aromatic nitrogens is 3. The predicted octanol–water partition coefficient (Wildman–Crippen LogP) is 3.82. The van der Waals surface area contributed by atoms with E-state index in [1.54, 1.807) is 26.0 Å². The fourth-order valence-corrected chi connectivity index (χ4v) is 3.43. The van der Waals surface area contributed by atoms with Crippen molar-refractivity contribution in [2.75, 3.05) is 10.2 Å². The summed E-state index contributed by atoms with van der Waals surface area (Å²) in [6.45, 7) is 3.09. The molecule has 10 heteroatoms. The van der Waals surface area contributed by atoms with Gasteiger partial charge in [-0.25, -0.2) is 9.97 Å². The van der Waals surface area contributed by atoms with Crippen molar-refractivity contribution in [2.45, 2.75) is 38.2 Å². The summed E-state index contributed by atoms with van der Waals surface area (Å²) >= 11 is 0. The summed E-state index contributed by atoms with van der Waals surface area (Å²) in [6.07, 6.45) is -0.145. The molecule has 1 atom stereocenters. The standard InChI is InChI=1S/C22H20F3N5O2/c1-21(2,32)16-7-6-14(11-28-16)17-20(31)30(19-18(29-17)26-8-9-27-19)12-13-4-3-5-15(10-13)22(23,24)25/h3-11,17,32H,12H2,1-2H3,(H,26,29). The van der Waals surface area contributed by atoms with Gasteiger partial charge in [-0.3, -0.25) is 14.7 Å². The highest BCUT2D eigenvalue weighted by molar-refractivity contribution is 6.03. The Labute approximate surface area is 182 Å². The number of amides is 1. The molecule has 0 aliphatic carbocycles. The Morgan fingerprint density at radius 1 is 1.09 bits per heavy atom. The van der Waals surface area contributed by atoms with E-state index in [2.05, 4.69) is 20.3 Å². The summed E-state index contributed by atoms with van der Waals surface area (Å²) in [4.78, 5) is 27.3. The van der Waals surface area contributed by atoms with Crippen LogP contribution in [0.3, 0.4) is 0 Å². The third kappa shape index (κ3) is 4.26. The first-order valence-electron chi connectivity index (χ1n) is 9.78. The summed E-state index contributed by atoms with van der Waals surface area (Å²) < 4.78 is 39.4. The van der Waals surface area contributed by atoms with Gasteiger partial charge in [-0.2, -0.15) is 13.2 Å². The number of hydrogen-bond donors (Lipinski definition) is 2. The molecule has 7 nitrogen and oxygen atoms in total. The second-order valence-electron chi connectivity index (χ2n) is 7.96. The topological polar surface area (TPSA) is 91.2 Å². The normalized spacial score (nSPS) is 16.5. The number of carbonyl (C=O) groups is 1. The van der Waals surface area contributed by atoms with Crippen LogP contribution in [0.4, 0.5) is 24.8 Å². The molecule has 32 heavy (non-hydrogen) atoms. The third-order valence-corrected chi connectivity index (χ3v) is 5.07. The van der Waals surface area contributed by atoms with Gasteiger partial charge in [-0.15, -0.1) is 0 Å². The van der Waals surface area contributed by atoms with Crippen molar-refractivity contribution in [1.82, 2.24) is 15.0 Å². The lowest BCUT2D eigenvalue weighted by Crippen LogP contribution is -2.43. The summed E-state index contributed by atoms with van der Waals surface area (Å²) in [7, 11) is 0. The number of rotatable bonds is 4. The minimum atomic E-state index is -4.49. The Morgan fingerprint density at radius 2 is 1.84 bits per heavy atom. The van der Waals surface area contributed by atoms with Gasteiger partial charge < -0.3 is 10.4 Å². The molecule has 0 fully saturated rings. The number of alkyl halides is 3. The van der Waals surface area contributed by atoms with Gasteiger partial charge >= 0.3 is 6.18 Å². The number of halogens is 3. The number of nitrogens with zero attached hydrogens (tertiary/aromatic N) is 4. The fourth-order valence-electron chi connectivity index (χ4n) is 3.43. The second kappa shape index (κ2) is 7.86. The van der Waals surface area contributed by atoms with E-state index < -0.39 is 29.3 Å². The van der Waals surface area contributed by atoms with Crippen molar-refractivity contribution in [2.24, 2.45) is 0 Å². The largest absolute Gasteiger partial charge is 0.416 e. The van der Waals surface area contributed by atoms with Crippen molar-refractivity contribution in [1.29, 1.82) is 0 Å². The number of nitrogens with one attached hydrogen (secondary N) is 1. The Morgan fingerprint density at radius 3 is 2.50 bits per heavy atom. The van der Waals surface area contributed by atoms with E-state index in [0.29, 0.717) is 22.6 Å². The van der Waals surface area contributed by atoms with Crippen molar-refractivity contribution in [3.05, 3.63) is 77.4 Å². The molecular formula is C22H20F3N5O2. The highest BCUT2D eigenvalue weighted by Gasteiger charge is 2.36. The molecule has 0 spiro atoms. The van der Waals surface area contributed by atoms with Crippen LogP contribution in [-0.4, -0.2) is 26.0 Å². The Bertz CT molecular complexity index is 1140. The zero-order valence-corrected chi connectivity index (χ0v) is 17.3. The number of aliphatic hydroxyl groups is 1. The van der Waals surface area contributed by atoms with Crippen LogP contribution in [-0.2, 0) is 23.1 Å². The number of carbonyl (C=O) groups excluding carboxylic acids is 1. The van der Waals surface area contributed by atoms with Crippen molar-refractivity contribution < 1.29 is 23.1 Å². The molecule has 3 aromatic rings. The summed E-state index contributed by atoms with van der Waals surface area (Å²) in [5.74, 6) is 0.149. The summed E-state index contributed by atoms with van der Waals surface area (Å²) in [6, 6.07) is 7.24. The van der Waals surface area contributed by atoms with Crippen LogP contribution in [0.25, 0.3) is 0 Å². The van der Waals surface area contributed by atoms with Crippen LogP contribution in [0.1, 0.15) is 42.3 Å². The molecule has 3 heterocycles. The number of pyridine rings is 1. The van der Waals surface area contributed by atoms with Gasteiger partial charge in [0.1, 0.15) is 11.6 Å². The van der Waals surface area contributed by atoms with E-state index in [9.17, 15) is 23.1 Å². The van der Waals surface area contributed by atoms with E-state index in [1.807, 2.05) is 0 Å². The maximum absolute atomic E-state index is 13.4. The molecule has 1 aromatic carbocycles. The lowest BCUT2D eigenvalue weighted by atomic mass is 10.0. The zero-order valence-electron chi connectivity index (χ0n) is 17.3. The summed E-state index contributed by atoms with van der Waals surface area (Å²) in [5.41, 5.74) is -0.671. The van der Waals surface area contributed by atoms with E-state index in [-0.39, 0.29) is 12.4 Å². The van der Waals surface area contributed by atoms with Crippen LogP contribution >= 0.6 is 0 Å². The first-order chi connectivity index (χ1) is 15.0. The molecule has 2 N–H and O–H groups in total. The van der Waals surface area contributed by atoms with Crippen LogP contribution in [0.2, 0.25) is 0 Å². The SMILES string of the molecule is CC(C)(O)c1ccc(C2Nc3nccnc3N(Cc3cccc(C(F)(F)F)c3)C2=O)cn1. The fraction of sp³-hybridized carbons (Fsp3) is 0.273. The van der Waals surface area contributed by atoms with E-state index in [1.165, 1.54) is 35.6 Å². The van der Waals surface area contributed by atoms with Gasteiger partial charge in [0.2, 0.25) is 0 Å². The van der Waals surface area contributed by atoms with Crippen molar-refractivity contribution in [3.8, 4) is 0 Å². The third-order valence-electron chi connectivity index (χ3n) is 5.07. The average Bonchev–Trinajstić information content (AvgIpc) is 2.75. The Kier molecular flexibility index (Phi) is 5.33. The van der Waals surface area contributed by atoms with Gasteiger partial charge in [-0.05, 0) is 37.6 Å². The monoisotopic (exact) mass is 443 g/mol. The molecule has 166 valence electrons. The second-order valence-corrected chi connectivity index (χ2v) is 7.96. The average molecular weight is 443 g/mol. The van der Waals surface area contributed by atoms with Gasteiger partial charge in [-0.1, -0.05) is 18.2 Å². The molecular weight excluding hydrogens is 423 g/mol. The Balaban J connectivity index is 1.69. The van der Waals surface area contributed by atoms with Crippen LogP contribution in [0.5, 0.6) is 0 Å². The predicted molar refractivity (Wildman–Crippen MR) is 111 cm³/mol. The minimum Gasteiger partial charge on any atom is -0.384 e. The number of benzene rings is 1. The maximum atomic E-state index is 13.4. The number of fused-ring (bicyclic) bond motifs is 1. The maximum Gasteiger partial charge on any atom is 0.416 e. The highest BCUT2D eigenvalue weighted by Crippen LogP contribution is 2.35. The molecule has 4 rings (SSSR count). The molecule has 0 radical (unpaired) electrons. The molecule has 2 aromatic heterocycles. The molecule has 1 unspecified atom stereocenters. The van der Waals surface area contributed by atoms with Gasteiger partial charge in [0, 0.05) is 24.2 Å². The zero-order chi connectivity index (χ0) is 23.1. The van der Waals surface area contributed by atoms with E-state index in [4.69, 9.17) is 0 Å². The van der Waals surface area contributed by atoms with E-state index >= 15 is 0 Å². The first-order valence-corrected chi connectivity index (χ1v) is 9.78. The van der Waals surface area contributed by atoms with Gasteiger partial charge in [0.25, 0.3) is 5.91 Å². The van der Waals surface area contributed by atoms with E-state index in [0.717, 1.165) is 12.1 Å². The van der Waals surface area contributed by atoms with Crippen molar-refractivity contribution in [3.63, 3.8) is 0 Å². The quantitative estimate of drug-likeness (QED) is 0.637. The molecule has 0 saturated heterocycles. The van der Waals surface area contributed by atoms with Gasteiger partial charge in [0.05, 0.1) is 17.8 Å². The smallest absolute Gasteiger partial charge is 0.384 e. The number of hydrogen-bond acceptors (Lipinski definition) is 6. The number of anilines is 2. The van der Waals surface area contributed by atoms with Crippen molar-refractivity contribution >= 4 is 17.5 Å². The minimum absolute atomic E-state index is 0.109. The molecule has 1 amide bonds. The van der Waals surface area contributed by atoms with Crippen LogP contribution in [0, 0.1) is 0 Å². The van der Waals surface area contributed by atoms with Crippen LogP contribution < -0.4 is 10.2 Å². The van der Waals surface area contributed by atoms with Crippen LogP contribution in [0.15, 0.2) is 55.0 Å². The molecule has 1 aliphatic rings. The molecule has 1 aliphatic heterocycles. The molecule has 0 saturated carbocycles. The lowest BCUT2D eigenvalue weighted by Gasteiger charge is -2.33. The molecule has 0 bridgehead atoms. The van der Waals surface area contributed by atoms with Gasteiger partial charge in [0.15, 0.2) is 11.6 Å². The Hall–Kier alpha value is -3.53.